The van der Waals surface area contributed by atoms with Gasteiger partial charge < -0.3 is 43.9 Å². The van der Waals surface area contributed by atoms with Gasteiger partial charge in [0.1, 0.15) is 29.5 Å². The normalized spacial score (nSPS) is 36.1. The molecule has 3 fully saturated rings. The number of aromatic nitrogens is 1. The standard InChI is InChI=1S/C53H72F2N2O12/c1-29-22-30(2)24-44(66-7)49-45(67-8)26-32(4)53(64,69-49)50(61)51(62)57-21-10-9-14-39(57)52(63)68-48(31(3)25-34-15-18-40(58)43(27-34)65-6)33(5)41(59)28-42(60)36(23-29)13-11-12-35-19-20-56-47-37(35)16-17-38(54)46(47)55/h11-12,16-17,19-20,23,25,30,32-34,36,39-41,43-45,48-49,58-59,64H,9-10,13-15,18,21-22,24,26-28H2,1-8H3/b12-11+,29-23+,31-25+/t30-,32+,33+,34-,36+,39-,40+,41-,43+,44-,45-,48+,49+,53+/m0/s1. The molecule has 4 aliphatic rings. The number of carbonyl (C=O) groups is 4. The Kier molecular flexibility index (Phi) is 18.6. The summed E-state index contributed by atoms with van der Waals surface area (Å²) in [5.74, 6) is -10.7. The summed E-state index contributed by atoms with van der Waals surface area (Å²) in [5.41, 5.74) is 1.90. The molecule has 0 radical (unpaired) electrons. The Hall–Kier alpha value is -4.29. The maximum atomic E-state index is 14.7. The molecule has 2 aromatic rings. The van der Waals surface area contributed by atoms with Crippen LogP contribution in [0.25, 0.3) is 17.0 Å². The first-order valence-corrected chi connectivity index (χ1v) is 24.5. The van der Waals surface area contributed by atoms with Gasteiger partial charge >= 0.3 is 5.97 Å². The van der Waals surface area contributed by atoms with Crippen LogP contribution in [0.5, 0.6) is 0 Å². The molecule has 69 heavy (non-hydrogen) atoms. The fourth-order valence-electron chi connectivity index (χ4n) is 10.9. The minimum Gasteiger partial charge on any atom is -0.456 e. The van der Waals surface area contributed by atoms with Crippen molar-refractivity contribution in [1.29, 1.82) is 0 Å². The number of methoxy groups -OCH3 is 3. The number of Topliss-reactive ketones (excluding diaryl/α,β-unsaturated/α-hetero) is 2. The van der Waals surface area contributed by atoms with Crippen LogP contribution >= 0.6 is 0 Å². The Morgan fingerprint density at radius 1 is 0.913 bits per heavy atom. The lowest BCUT2D eigenvalue weighted by Crippen LogP contribution is -2.64. The van der Waals surface area contributed by atoms with Crippen molar-refractivity contribution in [2.45, 2.75) is 160 Å². The van der Waals surface area contributed by atoms with E-state index in [1.807, 2.05) is 26.0 Å². The van der Waals surface area contributed by atoms with E-state index in [2.05, 4.69) is 4.98 Å². The number of aliphatic hydroxyl groups excluding tert-OH is 2. The molecule has 3 aliphatic heterocycles. The van der Waals surface area contributed by atoms with Crippen molar-refractivity contribution in [3.05, 3.63) is 71.0 Å². The van der Waals surface area contributed by atoms with Crippen LogP contribution < -0.4 is 0 Å². The van der Waals surface area contributed by atoms with Crippen molar-refractivity contribution >= 4 is 40.4 Å². The van der Waals surface area contributed by atoms with Gasteiger partial charge in [-0.15, -0.1) is 0 Å². The zero-order valence-corrected chi connectivity index (χ0v) is 41.3. The largest absolute Gasteiger partial charge is 0.456 e. The van der Waals surface area contributed by atoms with Gasteiger partial charge in [-0.2, -0.15) is 0 Å². The monoisotopic (exact) mass is 967 g/mol. The van der Waals surface area contributed by atoms with E-state index in [0.717, 1.165) is 16.5 Å². The zero-order valence-electron chi connectivity index (χ0n) is 41.3. The minimum atomic E-state index is -2.57. The van der Waals surface area contributed by atoms with E-state index in [4.69, 9.17) is 23.7 Å². The third-order valence-corrected chi connectivity index (χ3v) is 15.0. The quantitative estimate of drug-likeness (QED) is 0.140. The molecule has 16 heteroatoms. The molecular weight excluding hydrogens is 895 g/mol. The molecule has 1 aromatic carbocycles. The van der Waals surface area contributed by atoms with Gasteiger partial charge in [0, 0.05) is 63.6 Å². The van der Waals surface area contributed by atoms with Crippen LogP contribution in [0.15, 0.2) is 53.8 Å². The molecule has 1 saturated carbocycles. The maximum Gasteiger partial charge on any atom is 0.329 e. The number of hydrogen-bond donors (Lipinski definition) is 3. The fraction of sp³-hybridized carbons (Fsp3) is 0.642. The van der Waals surface area contributed by atoms with E-state index in [-0.39, 0.29) is 55.4 Å². The summed E-state index contributed by atoms with van der Waals surface area (Å²) in [6.07, 6.45) is 6.71. The van der Waals surface area contributed by atoms with E-state index < -0.39 is 102 Å². The third kappa shape index (κ3) is 12.4. The average Bonchev–Trinajstić information content (AvgIpc) is 3.33. The lowest BCUT2D eigenvalue weighted by atomic mass is 9.81. The number of piperidine rings is 1. The topological polar surface area (TPSA) is 191 Å². The molecule has 14 nitrogen and oxygen atoms in total. The number of nitrogens with zero attached hydrogens (tertiary/aromatic N) is 2. The average molecular weight is 967 g/mol. The summed E-state index contributed by atoms with van der Waals surface area (Å²) in [7, 11) is 4.54. The Labute approximate surface area is 404 Å². The first kappa shape index (κ1) is 54.1. The van der Waals surface area contributed by atoms with Crippen molar-refractivity contribution in [2.24, 2.45) is 29.6 Å². The van der Waals surface area contributed by atoms with E-state index in [0.29, 0.717) is 61.5 Å². The lowest BCUT2D eigenvalue weighted by molar-refractivity contribution is -0.302. The molecule has 1 amide bonds. The molecule has 4 heterocycles. The van der Waals surface area contributed by atoms with Crippen molar-refractivity contribution < 1.29 is 67.0 Å². The highest BCUT2D eigenvalue weighted by atomic mass is 19.2. The van der Waals surface area contributed by atoms with Crippen LogP contribution in [0.4, 0.5) is 8.78 Å². The van der Waals surface area contributed by atoms with E-state index in [1.54, 1.807) is 39.0 Å². The van der Waals surface area contributed by atoms with Crippen LogP contribution in [-0.2, 0) is 42.9 Å². The molecule has 2 saturated heterocycles. The Morgan fingerprint density at radius 3 is 2.33 bits per heavy atom. The molecule has 380 valence electrons. The zero-order chi connectivity index (χ0) is 50.3. The molecule has 1 aliphatic carbocycles. The van der Waals surface area contributed by atoms with Crippen molar-refractivity contribution in [3.8, 4) is 0 Å². The second kappa shape index (κ2) is 23.7. The number of hydrogen-bond acceptors (Lipinski definition) is 13. The number of benzene rings is 1. The molecule has 1 aromatic heterocycles. The lowest BCUT2D eigenvalue weighted by Gasteiger charge is -2.47. The second-order valence-electron chi connectivity index (χ2n) is 20.0. The predicted octanol–water partition coefficient (Wildman–Crippen LogP) is 6.99. The van der Waals surface area contributed by atoms with Gasteiger partial charge in [0.05, 0.1) is 30.5 Å². The van der Waals surface area contributed by atoms with Crippen LogP contribution in [0.2, 0.25) is 0 Å². The van der Waals surface area contributed by atoms with E-state index in [1.165, 1.54) is 33.6 Å². The number of aliphatic hydroxyl groups is 3. The fourth-order valence-corrected chi connectivity index (χ4v) is 10.9. The van der Waals surface area contributed by atoms with Gasteiger partial charge in [0.2, 0.25) is 5.79 Å². The van der Waals surface area contributed by atoms with Gasteiger partial charge in [-0.3, -0.25) is 19.4 Å². The highest BCUT2D eigenvalue weighted by Crippen LogP contribution is 2.39. The predicted molar refractivity (Wildman–Crippen MR) is 253 cm³/mol. The molecule has 0 spiro atoms. The van der Waals surface area contributed by atoms with Crippen LogP contribution in [0.3, 0.4) is 0 Å². The van der Waals surface area contributed by atoms with Crippen molar-refractivity contribution in [3.63, 3.8) is 0 Å². The van der Waals surface area contributed by atoms with Gasteiger partial charge in [-0.1, -0.05) is 50.6 Å². The first-order chi connectivity index (χ1) is 32.8. The van der Waals surface area contributed by atoms with Crippen molar-refractivity contribution in [1.82, 2.24) is 9.88 Å². The summed E-state index contributed by atoms with van der Waals surface area (Å²) >= 11 is 0. The van der Waals surface area contributed by atoms with Gasteiger partial charge in [0.15, 0.2) is 11.6 Å². The number of rotatable bonds is 8. The van der Waals surface area contributed by atoms with Crippen LogP contribution in [0, 0.1) is 41.2 Å². The molecule has 6 rings (SSSR count). The molecule has 3 N–H and O–H groups in total. The molecule has 0 unspecified atom stereocenters. The summed E-state index contributed by atoms with van der Waals surface area (Å²) in [6, 6.07) is 2.95. The third-order valence-electron chi connectivity index (χ3n) is 15.0. The minimum absolute atomic E-state index is 0.0428. The number of ether oxygens (including phenoxy) is 5. The number of carbonyl (C=O) groups excluding carboxylic acids is 4. The van der Waals surface area contributed by atoms with Gasteiger partial charge in [-0.05, 0) is 119 Å². The summed E-state index contributed by atoms with van der Waals surface area (Å²) < 4.78 is 58.8. The molecule has 14 atom stereocenters. The van der Waals surface area contributed by atoms with E-state index in [9.17, 15) is 43.3 Å². The number of fused-ring (bicyclic) bond motifs is 4. The van der Waals surface area contributed by atoms with E-state index >= 15 is 0 Å². The number of halogens is 2. The number of allylic oxidation sites excluding steroid dienone is 4. The van der Waals surface area contributed by atoms with Crippen LogP contribution in [-0.4, -0.2) is 131 Å². The summed E-state index contributed by atoms with van der Waals surface area (Å²) in [4.78, 5) is 63.0. The van der Waals surface area contributed by atoms with Crippen LogP contribution in [0.1, 0.15) is 111 Å². The highest BCUT2D eigenvalue weighted by Gasteiger charge is 2.56. The Bertz CT molecular complexity index is 2250. The Balaban J connectivity index is 1.39. The number of ketones is 2. The van der Waals surface area contributed by atoms with Gasteiger partial charge in [0.25, 0.3) is 11.7 Å². The molecular formula is C53H72F2N2O12. The number of pyridine rings is 1. The van der Waals surface area contributed by atoms with Crippen molar-refractivity contribution in [2.75, 3.05) is 27.9 Å². The van der Waals surface area contributed by atoms with Gasteiger partial charge in [-0.25, -0.2) is 13.6 Å². The maximum absolute atomic E-state index is 14.7. The number of cyclic esters (lactones) is 1. The SMILES string of the molecule is CO[C@H]1C[C@@H](C)C/C(C)=C/[C@@H](C/C=C/c2ccnc3c(F)c(F)ccc23)C(=O)C[C@H](O)[C@@H](C)[C@@H](/C(C)=C/[C@@H]2CC[C@@H](O)[C@H](OC)C2)OC(=O)[C@@H]2CCCCN2C(=O)C(=O)[C@]2(O)O[C@H]1[C@@H](OC)C[C@H]2C. The number of amides is 1. The number of esters is 1. The summed E-state index contributed by atoms with van der Waals surface area (Å²) in [5, 5.41) is 35.1. The second-order valence-corrected chi connectivity index (χ2v) is 20.0. The Morgan fingerprint density at radius 2 is 1.62 bits per heavy atom. The first-order valence-electron chi connectivity index (χ1n) is 24.5. The highest BCUT2D eigenvalue weighted by molar-refractivity contribution is 6.39. The summed E-state index contributed by atoms with van der Waals surface area (Å²) in [6.45, 7) is 9.03. The molecule has 2 bridgehead atoms. The smallest absolute Gasteiger partial charge is 0.329 e.